The van der Waals surface area contributed by atoms with Crippen LogP contribution in [0.5, 0.6) is 0 Å². The van der Waals surface area contributed by atoms with Crippen LogP contribution in [0.4, 0.5) is 13.2 Å². The Kier molecular flexibility index (Phi) is 2.71. The summed E-state index contributed by atoms with van der Waals surface area (Å²) in [4.78, 5) is 10.4. The fraction of sp³-hybridized carbons (Fsp3) is 0.125. The number of rotatable bonds is 2. The van der Waals surface area contributed by atoms with Crippen LogP contribution in [0.15, 0.2) is 18.2 Å². The number of alkyl halides is 2. The molecular formula is C8H5ClF3NO. The highest BCUT2D eigenvalue weighted by Gasteiger charge is 2.39. The van der Waals surface area contributed by atoms with E-state index in [0.29, 0.717) is 6.07 Å². The van der Waals surface area contributed by atoms with Gasteiger partial charge in [0.15, 0.2) is 0 Å². The summed E-state index contributed by atoms with van der Waals surface area (Å²) in [6.07, 6.45) is 0. The summed E-state index contributed by atoms with van der Waals surface area (Å²) < 4.78 is 38.5. The lowest BCUT2D eigenvalue weighted by molar-refractivity contribution is -0.143. The van der Waals surface area contributed by atoms with E-state index in [1.165, 1.54) is 0 Å². The van der Waals surface area contributed by atoms with Gasteiger partial charge < -0.3 is 5.73 Å². The summed E-state index contributed by atoms with van der Waals surface area (Å²) >= 11 is 5.26. The van der Waals surface area contributed by atoms with Gasteiger partial charge in [-0.2, -0.15) is 8.78 Å². The van der Waals surface area contributed by atoms with Crippen molar-refractivity contribution in [2.45, 2.75) is 5.92 Å². The highest BCUT2D eigenvalue weighted by atomic mass is 35.5. The molecule has 1 rings (SSSR count). The fourth-order valence-electron chi connectivity index (χ4n) is 0.834. The quantitative estimate of drug-likeness (QED) is 0.819. The minimum atomic E-state index is -3.84. The number of primary amides is 1. The maximum absolute atomic E-state index is 12.9. The summed E-state index contributed by atoms with van der Waals surface area (Å²) in [5, 5.41) is -0.483. The zero-order valence-corrected chi connectivity index (χ0v) is 7.49. The highest BCUT2D eigenvalue weighted by Crippen LogP contribution is 2.30. The van der Waals surface area contributed by atoms with E-state index in [-0.39, 0.29) is 0 Å². The zero-order valence-electron chi connectivity index (χ0n) is 6.73. The molecule has 14 heavy (non-hydrogen) atoms. The topological polar surface area (TPSA) is 43.1 Å². The number of hydrogen-bond acceptors (Lipinski definition) is 1. The normalized spacial score (nSPS) is 11.4. The number of amides is 1. The number of carbonyl (C=O) groups excluding carboxylic acids is 1. The van der Waals surface area contributed by atoms with E-state index in [4.69, 9.17) is 11.6 Å². The van der Waals surface area contributed by atoms with Gasteiger partial charge in [0.2, 0.25) is 0 Å². The summed E-state index contributed by atoms with van der Waals surface area (Å²) in [6.45, 7) is 0. The third-order valence-electron chi connectivity index (χ3n) is 1.59. The number of halogens is 4. The fourth-order valence-corrected chi connectivity index (χ4v) is 1.01. The van der Waals surface area contributed by atoms with Crippen molar-refractivity contribution in [2.75, 3.05) is 0 Å². The largest absolute Gasteiger partial charge is 0.364 e. The summed E-state index contributed by atoms with van der Waals surface area (Å²) in [6, 6.07) is 2.17. The van der Waals surface area contributed by atoms with Crippen molar-refractivity contribution in [3.63, 3.8) is 0 Å². The molecule has 0 bridgehead atoms. The standard InChI is InChI=1S/C8H5ClF3NO/c9-5-3-4(1-2-6(5)10)8(11,12)7(13)14/h1-3H,(H2,13,14). The molecule has 76 valence electrons. The van der Waals surface area contributed by atoms with Crippen LogP contribution in [-0.4, -0.2) is 5.91 Å². The molecule has 0 aromatic heterocycles. The Morgan fingerprint density at radius 3 is 2.43 bits per heavy atom. The molecule has 1 aromatic rings. The molecular weight excluding hydrogens is 219 g/mol. The first-order chi connectivity index (χ1) is 6.35. The van der Waals surface area contributed by atoms with Crippen molar-refractivity contribution in [3.05, 3.63) is 34.6 Å². The Morgan fingerprint density at radius 1 is 1.43 bits per heavy atom. The van der Waals surface area contributed by atoms with Gasteiger partial charge in [0.05, 0.1) is 5.02 Å². The van der Waals surface area contributed by atoms with Gasteiger partial charge in [0.25, 0.3) is 5.91 Å². The first-order valence-electron chi connectivity index (χ1n) is 3.49. The molecule has 0 atom stereocenters. The van der Waals surface area contributed by atoms with Gasteiger partial charge in [0, 0.05) is 5.56 Å². The molecule has 0 spiro atoms. The molecule has 6 heteroatoms. The average molecular weight is 224 g/mol. The molecule has 0 aliphatic carbocycles. The third-order valence-corrected chi connectivity index (χ3v) is 1.88. The van der Waals surface area contributed by atoms with Crippen LogP contribution >= 0.6 is 11.6 Å². The Bertz CT molecular complexity index is 381. The van der Waals surface area contributed by atoms with E-state index in [9.17, 15) is 18.0 Å². The monoisotopic (exact) mass is 223 g/mol. The molecule has 1 aromatic carbocycles. The SMILES string of the molecule is NC(=O)C(F)(F)c1ccc(F)c(Cl)c1. The van der Waals surface area contributed by atoms with Crippen LogP contribution in [0.3, 0.4) is 0 Å². The molecule has 0 aliphatic heterocycles. The van der Waals surface area contributed by atoms with E-state index < -0.39 is 28.2 Å². The second kappa shape index (κ2) is 3.49. The second-order valence-electron chi connectivity index (χ2n) is 2.57. The van der Waals surface area contributed by atoms with Gasteiger partial charge in [-0.05, 0) is 18.2 Å². The predicted octanol–water partition coefficient (Wildman–Crippen LogP) is 2.06. The minimum Gasteiger partial charge on any atom is -0.364 e. The average Bonchev–Trinajstić information content (AvgIpc) is 2.09. The Morgan fingerprint density at radius 2 is 2.00 bits per heavy atom. The molecule has 0 saturated carbocycles. The molecule has 2 N–H and O–H groups in total. The molecule has 0 radical (unpaired) electrons. The van der Waals surface area contributed by atoms with Crippen molar-refractivity contribution in [1.82, 2.24) is 0 Å². The van der Waals surface area contributed by atoms with E-state index >= 15 is 0 Å². The Hall–Kier alpha value is -1.23. The van der Waals surface area contributed by atoms with Gasteiger partial charge in [-0.3, -0.25) is 4.79 Å². The van der Waals surface area contributed by atoms with E-state index in [1.807, 2.05) is 0 Å². The lowest BCUT2D eigenvalue weighted by Crippen LogP contribution is -2.32. The van der Waals surface area contributed by atoms with Crippen LogP contribution in [-0.2, 0) is 10.7 Å². The first-order valence-corrected chi connectivity index (χ1v) is 3.86. The van der Waals surface area contributed by atoms with E-state index in [1.54, 1.807) is 0 Å². The first kappa shape index (κ1) is 10.8. The lowest BCUT2D eigenvalue weighted by atomic mass is 10.1. The minimum absolute atomic E-state index is 0.483. The van der Waals surface area contributed by atoms with Crippen LogP contribution in [0.25, 0.3) is 0 Å². The van der Waals surface area contributed by atoms with Gasteiger partial charge >= 0.3 is 5.92 Å². The third kappa shape index (κ3) is 1.82. The van der Waals surface area contributed by atoms with Crippen molar-refractivity contribution in [2.24, 2.45) is 5.73 Å². The number of carbonyl (C=O) groups is 1. The molecule has 0 fully saturated rings. The molecule has 0 unspecified atom stereocenters. The van der Waals surface area contributed by atoms with Gasteiger partial charge in [-0.25, -0.2) is 4.39 Å². The van der Waals surface area contributed by atoms with Gasteiger partial charge in [0.1, 0.15) is 5.82 Å². The maximum atomic E-state index is 12.9. The Labute approximate surface area is 82.5 Å². The van der Waals surface area contributed by atoms with Crippen molar-refractivity contribution in [3.8, 4) is 0 Å². The molecule has 0 aliphatic rings. The summed E-state index contributed by atoms with van der Waals surface area (Å²) in [5.41, 5.74) is 3.74. The van der Waals surface area contributed by atoms with E-state index in [2.05, 4.69) is 5.73 Å². The number of nitrogens with two attached hydrogens (primary N) is 1. The highest BCUT2D eigenvalue weighted by molar-refractivity contribution is 6.30. The van der Waals surface area contributed by atoms with E-state index in [0.717, 1.165) is 12.1 Å². The number of benzene rings is 1. The van der Waals surface area contributed by atoms with Gasteiger partial charge in [-0.15, -0.1) is 0 Å². The van der Waals surface area contributed by atoms with Crippen LogP contribution < -0.4 is 5.73 Å². The summed E-state index contributed by atoms with van der Waals surface area (Å²) in [5.74, 6) is -6.48. The molecule has 0 saturated heterocycles. The lowest BCUT2D eigenvalue weighted by Gasteiger charge is -2.12. The van der Waals surface area contributed by atoms with Crippen molar-refractivity contribution < 1.29 is 18.0 Å². The molecule has 0 heterocycles. The predicted molar refractivity (Wildman–Crippen MR) is 44.5 cm³/mol. The van der Waals surface area contributed by atoms with Crippen LogP contribution in [0.2, 0.25) is 5.02 Å². The molecule has 2 nitrogen and oxygen atoms in total. The Balaban J connectivity index is 3.21. The number of hydrogen-bond donors (Lipinski definition) is 1. The maximum Gasteiger partial charge on any atom is 0.349 e. The smallest absolute Gasteiger partial charge is 0.349 e. The van der Waals surface area contributed by atoms with Crippen molar-refractivity contribution in [1.29, 1.82) is 0 Å². The van der Waals surface area contributed by atoms with Crippen LogP contribution in [0.1, 0.15) is 5.56 Å². The summed E-state index contributed by atoms with van der Waals surface area (Å²) in [7, 11) is 0. The molecule has 1 amide bonds. The zero-order chi connectivity index (χ0) is 10.9. The second-order valence-corrected chi connectivity index (χ2v) is 2.97. The van der Waals surface area contributed by atoms with Crippen LogP contribution in [0, 0.1) is 5.82 Å². The van der Waals surface area contributed by atoms with Crippen molar-refractivity contribution >= 4 is 17.5 Å². The van der Waals surface area contributed by atoms with Gasteiger partial charge in [-0.1, -0.05) is 11.6 Å².